The quantitative estimate of drug-likeness (QED) is 0.690. The molecule has 26 heavy (non-hydrogen) atoms. The summed E-state index contributed by atoms with van der Waals surface area (Å²) in [7, 11) is 0. The molecule has 138 valence electrons. The highest BCUT2D eigenvalue weighted by Gasteiger charge is 2.23. The molecule has 3 amide bonds. The van der Waals surface area contributed by atoms with Gasteiger partial charge in [-0.05, 0) is 51.0 Å². The van der Waals surface area contributed by atoms with Gasteiger partial charge in [0.1, 0.15) is 5.76 Å². The van der Waals surface area contributed by atoms with Crippen LogP contribution in [-0.4, -0.2) is 28.9 Å². The summed E-state index contributed by atoms with van der Waals surface area (Å²) in [6, 6.07) is 7.18. The van der Waals surface area contributed by atoms with Crippen molar-refractivity contribution < 1.29 is 14.1 Å². The molecule has 1 aromatic heterocycles. The lowest BCUT2D eigenvalue weighted by Crippen LogP contribution is -2.30. The molecule has 0 aliphatic heterocycles. The highest BCUT2D eigenvalue weighted by Crippen LogP contribution is 2.21. The lowest BCUT2D eigenvalue weighted by atomic mass is 10.2. The number of amides is 3. The van der Waals surface area contributed by atoms with E-state index in [1.54, 1.807) is 24.3 Å². The Hall–Kier alpha value is -2.48. The zero-order valence-corrected chi connectivity index (χ0v) is 15.6. The van der Waals surface area contributed by atoms with E-state index in [0.29, 0.717) is 28.9 Å². The summed E-state index contributed by atoms with van der Waals surface area (Å²) in [5, 5.41) is 12.4. The summed E-state index contributed by atoms with van der Waals surface area (Å²) in [6.45, 7) is 3.77. The van der Waals surface area contributed by atoms with Crippen LogP contribution in [0.2, 0.25) is 0 Å². The Balaban J connectivity index is 1.41. The number of nitrogens with one attached hydrogen (secondary N) is 3. The summed E-state index contributed by atoms with van der Waals surface area (Å²) in [6.07, 6.45) is 2.10. The van der Waals surface area contributed by atoms with Crippen molar-refractivity contribution in [2.75, 3.05) is 16.4 Å². The van der Waals surface area contributed by atoms with Crippen LogP contribution in [0.25, 0.3) is 0 Å². The fourth-order valence-corrected chi connectivity index (χ4v) is 3.34. The number of carbonyl (C=O) groups excluding carboxylic acids is 2. The van der Waals surface area contributed by atoms with E-state index in [0.717, 1.165) is 29.9 Å². The Morgan fingerprint density at radius 1 is 1.15 bits per heavy atom. The number of anilines is 2. The molecule has 1 aromatic carbocycles. The van der Waals surface area contributed by atoms with Crippen LogP contribution in [0.5, 0.6) is 0 Å². The molecule has 3 N–H and O–H groups in total. The molecule has 8 heteroatoms. The van der Waals surface area contributed by atoms with Crippen molar-refractivity contribution in [1.82, 2.24) is 10.5 Å². The normalized spacial score (nSPS) is 13.3. The van der Waals surface area contributed by atoms with E-state index in [-0.39, 0.29) is 11.9 Å². The second-order valence-corrected chi connectivity index (χ2v) is 7.28. The monoisotopic (exact) mass is 374 g/mol. The minimum Gasteiger partial charge on any atom is -0.361 e. The van der Waals surface area contributed by atoms with Crippen molar-refractivity contribution >= 4 is 35.1 Å². The van der Waals surface area contributed by atoms with Crippen molar-refractivity contribution in [1.29, 1.82) is 0 Å². The van der Waals surface area contributed by atoms with E-state index in [9.17, 15) is 9.59 Å². The van der Waals surface area contributed by atoms with Crippen molar-refractivity contribution in [3.63, 3.8) is 0 Å². The Morgan fingerprint density at radius 3 is 2.38 bits per heavy atom. The van der Waals surface area contributed by atoms with Gasteiger partial charge < -0.3 is 20.5 Å². The lowest BCUT2D eigenvalue weighted by Gasteiger charge is -2.08. The van der Waals surface area contributed by atoms with Gasteiger partial charge in [-0.3, -0.25) is 4.79 Å². The molecule has 0 saturated heterocycles. The third-order valence-electron chi connectivity index (χ3n) is 4.00. The zero-order valence-electron chi connectivity index (χ0n) is 14.8. The first-order chi connectivity index (χ1) is 12.5. The molecule has 0 atom stereocenters. The van der Waals surface area contributed by atoms with E-state index in [1.807, 2.05) is 13.8 Å². The Kier molecular flexibility index (Phi) is 5.82. The van der Waals surface area contributed by atoms with Crippen LogP contribution in [0.4, 0.5) is 16.2 Å². The fourth-order valence-electron chi connectivity index (χ4n) is 2.37. The Labute approximate surface area is 156 Å². The Morgan fingerprint density at radius 2 is 1.81 bits per heavy atom. The van der Waals surface area contributed by atoms with Gasteiger partial charge >= 0.3 is 6.03 Å². The van der Waals surface area contributed by atoms with Gasteiger partial charge in [0.15, 0.2) is 0 Å². The molecule has 1 fully saturated rings. The van der Waals surface area contributed by atoms with Gasteiger partial charge in [-0.25, -0.2) is 4.79 Å². The topological polar surface area (TPSA) is 96.3 Å². The van der Waals surface area contributed by atoms with Crippen LogP contribution < -0.4 is 16.0 Å². The Bertz CT molecular complexity index is 765. The molecule has 0 unspecified atom stereocenters. The third kappa shape index (κ3) is 5.26. The average Bonchev–Trinajstić information content (AvgIpc) is 3.36. The number of rotatable bonds is 7. The minimum atomic E-state index is -0.194. The van der Waals surface area contributed by atoms with Crippen LogP contribution in [0.1, 0.15) is 29.9 Å². The van der Waals surface area contributed by atoms with E-state index >= 15 is 0 Å². The van der Waals surface area contributed by atoms with Gasteiger partial charge in [0, 0.05) is 28.7 Å². The predicted molar refractivity (Wildman–Crippen MR) is 102 cm³/mol. The third-order valence-corrected chi connectivity index (χ3v) is 4.96. The minimum absolute atomic E-state index is 0.0751. The predicted octanol–water partition coefficient (Wildman–Crippen LogP) is 3.45. The summed E-state index contributed by atoms with van der Waals surface area (Å²) >= 11 is 1.51. The van der Waals surface area contributed by atoms with Crippen LogP contribution in [-0.2, 0) is 10.5 Å². The molecule has 0 bridgehead atoms. The van der Waals surface area contributed by atoms with E-state index in [1.165, 1.54) is 11.8 Å². The highest BCUT2D eigenvalue weighted by molar-refractivity contribution is 7.99. The molecule has 1 aliphatic rings. The number of aromatic nitrogens is 1. The number of carbonyl (C=O) groups is 2. The highest BCUT2D eigenvalue weighted by atomic mass is 32.2. The van der Waals surface area contributed by atoms with Crippen molar-refractivity contribution in [2.45, 2.75) is 38.5 Å². The maximum Gasteiger partial charge on any atom is 0.319 e. The first-order valence-electron chi connectivity index (χ1n) is 8.48. The molecule has 7 nitrogen and oxygen atoms in total. The molecule has 1 aliphatic carbocycles. The van der Waals surface area contributed by atoms with Gasteiger partial charge in [-0.2, -0.15) is 0 Å². The zero-order chi connectivity index (χ0) is 18.5. The second-order valence-electron chi connectivity index (χ2n) is 6.29. The number of urea groups is 1. The van der Waals surface area contributed by atoms with Crippen LogP contribution in [0.3, 0.4) is 0 Å². The smallest absolute Gasteiger partial charge is 0.319 e. The molecule has 1 saturated carbocycles. The number of nitrogens with zero attached hydrogens (tertiary/aromatic N) is 1. The van der Waals surface area contributed by atoms with Crippen LogP contribution in [0.15, 0.2) is 28.8 Å². The molecular weight excluding hydrogens is 352 g/mol. The van der Waals surface area contributed by atoms with Gasteiger partial charge in [-0.1, -0.05) is 5.16 Å². The summed E-state index contributed by atoms with van der Waals surface area (Å²) in [4.78, 5) is 23.7. The number of hydrogen-bond donors (Lipinski definition) is 3. The van der Waals surface area contributed by atoms with Crippen LogP contribution in [0, 0.1) is 13.8 Å². The first-order valence-corrected chi connectivity index (χ1v) is 9.63. The fraction of sp³-hybridized carbons (Fsp3) is 0.389. The van der Waals surface area contributed by atoms with Gasteiger partial charge in [0.25, 0.3) is 0 Å². The summed E-state index contributed by atoms with van der Waals surface area (Å²) in [5.74, 6) is 1.75. The van der Waals surface area contributed by atoms with E-state index in [4.69, 9.17) is 4.52 Å². The lowest BCUT2D eigenvalue weighted by molar-refractivity contribution is -0.113. The molecular formula is C18H22N4O3S. The first kappa shape index (κ1) is 18.3. The van der Waals surface area contributed by atoms with Crippen molar-refractivity contribution in [2.24, 2.45) is 0 Å². The summed E-state index contributed by atoms with van der Waals surface area (Å²) in [5.41, 5.74) is 3.29. The van der Waals surface area contributed by atoms with Crippen LogP contribution >= 0.6 is 11.8 Å². The van der Waals surface area contributed by atoms with Gasteiger partial charge in [0.05, 0.1) is 11.4 Å². The molecule has 0 radical (unpaired) electrons. The number of aryl methyl sites for hydroxylation is 2. The number of thioether (sulfide) groups is 1. The molecule has 0 spiro atoms. The maximum atomic E-state index is 12.1. The summed E-state index contributed by atoms with van der Waals surface area (Å²) < 4.78 is 5.11. The molecule has 2 aromatic rings. The van der Waals surface area contributed by atoms with Crippen molar-refractivity contribution in [3.05, 3.63) is 41.3 Å². The maximum absolute atomic E-state index is 12.1. The SMILES string of the molecule is Cc1noc(C)c1CSCC(=O)Nc1ccc(NC(=O)NC2CC2)cc1. The van der Waals surface area contributed by atoms with E-state index in [2.05, 4.69) is 21.1 Å². The van der Waals surface area contributed by atoms with E-state index < -0.39 is 0 Å². The van der Waals surface area contributed by atoms with Gasteiger partial charge in [0.2, 0.25) is 5.91 Å². The largest absolute Gasteiger partial charge is 0.361 e. The second kappa shape index (κ2) is 8.27. The standard InChI is InChI=1S/C18H22N4O3S/c1-11-16(12(2)25-22-11)9-26-10-17(23)19-13-3-5-14(6-4-13)20-18(24)21-15-7-8-15/h3-6,15H,7-10H2,1-2H3,(H,19,23)(H2,20,21,24). The van der Waals surface area contributed by atoms with Gasteiger partial charge in [-0.15, -0.1) is 11.8 Å². The average molecular weight is 374 g/mol. The molecule has 1 heterocycles. The number of benzene rings is 1. The molecule has 3 rings (SSSR count). The van der Waals surface area contributed by atoms with Crippen molar-refractivity contribution in [3.8, 4) is 0 Å². The number of hydrogen-bond acceptors (Lipinski definition) is 5.